The molecule has 2 amide bonds. The number of carbonyl (C=O) groups excluding carboxylic acids is 2. The topological polar surface area (TPSA) is 117 Å². The highest BCUT2D eigenvalue weighted by Gasteiger charge is 1.94. The molecule has 7 nitrogen and oxygen atoms in total. The number of hydrazone groups is 1. The second kappa shape index (κ2) is 6.11. The van der Waals surface area contributed by atoms with Gasteiger partial charge in [0, 0.05) is 0 Å². The van der Waals surface area contributed by atoms with Gasteiger partial charge in [0.1, 0.15) is 12.4 Å². The predicted molar refractivity (Wildman–Crippen MR) is 57.3 cm³/mol. The Hall–Kier alpha value is -2.57. The van der Waals surface area contributed by atoms with Crippen molar-refractivity contribution in [2.24, 2.45) is 10.8 Å². The van der Waals surface area contributed by atoms with Crippen LogP contribution in [0.15, 0.2) is 29.4 Å². The summed E-state index contributed by atoms with van der Waals surface area (Å²) in [4.78, 5) is 20.4. The average molecular weight is 236 g/mol. The molecule has 0 aromatic heterocycles. The van der Waals surface area contributed by atoms with Gasteiger partial charge in [-0.1, -0.05) is 0 Å². The van der Waals surface area contributed by atoms with Gasteiger partial charge in [0.2, 0.25) is 0 Å². The molecule has 7 heteroatoms. The normalized spacial score (nSPS) is 10.1. The number of carboxylic acids is 1. The van der Waals surface area contributed by atoms with Crippen LogP contribution in [0, 0.1) is 0 Å². The maximum Gasteiger partial charge on any atom is 0.332 e. The summed E-state index contributed by atoms with van der Waals surface area (Å²) in [6.07, 6.45) is 1.38. The molecule has 0 fully saturated rings. The minimum atomic E-state index is -1.29. The molecule has 0 aliphatic rings. The van der Waals surface area contributed by atoms with E-state index in [0.717, 1.165) is 0 Å². The summed E-state index contributed by atoms with van der Waals surface area (Å²) < 4.78 is 4.87. The molecule has 0 heterocycles. The minimum absolute atomic E-state index is 0.397. The third-order valence-electron chi connectivity index (χ3n) is 1.63. The van der Waals surface area contributed by atoms with Crippen LogP contribution in [-0.2, 0) is 4.79 Å². The van der Waals surface area contributed by atoms with Gasteiger partial charge in [-0.3, -0.25) is 0 Å². The van der Waals surface area contributed by atoms with Crippen molar-refractivity contribution >= 4 is 18.2 Å². The fraction of sp³-hybridized carbons (Fsp3) is 0.100. The Labute approximate surface area is 96.9 Å². The van der Waals surface area contributed by atoms with E-state index >= 15 is 0 Å². The first-order valence-corrected chi connectivity index (χ1v) is 4.59. The highest BCUT2D eigenvalue weighted by molar-refractivity contribution is 5.81. The van der Waals surface area contributed by atoms with Crippen molar-refractivity contribution in [1.82, 2.24) is 5.43 Å². The number of carboxylic acid groups (broad SMARTS) is 1. The summed E-state index contributed by atoms with van der Waals surface area (Å²) in [5.74, 6) is -0.893. The van der Waals surface area contributed by atoms with E-state index in [1.807, 2.05) is 5.43 Å². The highest BCUT2D eigenvalue weighted by Crippen LogP contribution is 2.10. The smallest absolute Gasteiger partial charge is 0.332 e. The Morgan fingerprint density at radius 2 is 2.06 bits per heavy atom. The van der Waals surface area contributed by atoms with Crippen molar-refractivity contribution in [2.45, 2.75) is 0 Å². The SMILES string of the molecule is NC(=O)N/N=C\c1ccc(OCC(=O)[O-])cc1. The van der Waals surface area contributed by atoms with E-state index in [4.69, 9.17) is 10.5 Å². The van der Waals surface area contributed by atoms with Crippen LogP contribution >= 0.6 is 0 Å². The lowest BCUT2D eigenvalue weighted by molar-refractivity contribution is -0.307. The third-order valence-corrected chi connectivity index (χ3v) is 1.63. The van der Waals surface area contributed by atoms with Gasteiger partial charge in [0.25, 0.3) is 0 Å². The van der Waals surface area contributed by atoms with Gasteiger partial charge >= 0.3 is 6.03 Å². The van der Waals surface area contributed by atoms with Crippen LogP contribution in [0.4, 0.5) is 4.79 Å². The Bertz CT molecular complexity index is 428. The van der Waals surface area contributed by atoms with E-state index < -0.39 is 18.6 Å². The number of ether oxygens (including phenoxy) is 1. The summed E-state index contributed by atoms with van der Waals surface area (Å²) in [7, 11) is 0. The van der Waals surface area contributed by atoms with E-state index in [2.05, 4.69) is 5.10 Å². The number of amides is 2. The standard InChI is InChI=1S/C10H11N3O4/c11-10(16)13-12-5-7-1-3-8(4-2-7)17-6-9(14)15/h1-5H,6H2,(H,14,15)(H3,11,13,16)/p-1/b12-5-. The second-order valence-electron chi connectivity index (χ2n) is 2.96. The molecule has 1 rings (SSSR count). The molecule has 0 bridgehead atoms. The predicted octanol–water partition coefficient (Wildman–Crippen LogP) is -1.18. The number of aliphatic carboxylic acids is 1. The fourth-order valence-electron chi connectivity index (χ4n) is 0.963. The van der Waals surface area contributed by atoms with Crippen LogP contribution in [0.3, 0.4) is 0 Å². The van der Waals surface area contributed by atoms with E-state index in [1.165, 1.54) is 6.21 Å². The monoisotopic (exact) mass is 236 g/mol. The molecule has 0 saturated carbocycles. The van der Waals surface area contributed by atoms with Crippen molar-refractivity contribution in [1.29, 1.82) is 0 Å². The van der Waals surface area contributed by atoms with E-state index in [0.29, 0.717) is 11.3 Å². The van der Waals surface area contributed by atoms with Crippen molar-refractivity contribution in [3.8, 4) is 5.75 Å². The highest BCUT2D eigenvalue weighted by atomic mass is 16.5. The van der Waals surface area contributed by atoms with E-state index in [1.54, 1.807) is 24.3 Å². The van der Waals surface area contributed by atoms with Gasteiger partial charge in [-0.05, 0) is 29.8 Å². The number of primary amides is 1. The zero-order valence-electron chi connectivity index (χ0n) is 8.75. The largest absolute Gasteiger partial charge is 0.546 e. The summed E-state index contributed by atoms with van der Waals surface area (Å²) in [5, 5.41) is 13.7. The van der Waals surface area contributed by atoms with Crippen molar-refractivity contribution in [2.75, 3.05) is 6.61 Å². The summed E-state index contributed by atoms with van der Waals surface area (Å²) in [5.41, 5.74) is 7.54. The summed E-state index contributed by atoms with van der Waals surface area (Å²) >= 11 is 0. The van der Waals surface area contributed by atoms with Gasteiger partial charge in [0.05, 0.1) is 12.2 Å². The molecular formula is C10H10N3O4-. The molecule has 0 atom stereocenters. The van der Waals surface area contributed by atoms with Crippen molar-refractivity contribution in [3.05, 3.63) is 29.8 Å². The first-order chi connectivity index (χ1) is 8.08. The Morgan fingerprint density at radius 1 is 1.41 bits per heavy atom. The first-order valence-electron chi connectivity index (χ1n) is 4.59. The molecule has 0 radical (unpaired) electrons. The fourth-order valence-corrected chi connectivity index (χ4v) is 0.963. The van der Waals surface area contributed by atoms with Crippen molar-refractivity contribution in [3.63, 3.8) is 0 Å². The Kier molecular flexibility index (Phi) is 4.49. The number of hydrogen-bond acceptors (Lipinski definition) is 5. The molecule has 0 aliphatic carbocycles. The minimum Gasteiger partial charge on any atom is -0.546 e. The van der Waals surface area contributed by atoms with Gasteiger partial charge in [0.15, 0.2) is 0 Å². The molecule has 0 saturated heterocycles. The van der Waals surface area contributed by atoms with E-state index in [9.17, 15) is 14.7 Å². The maximum atomic E-state index is 10.3. The zero-order chi connectivity index (χ0) is 12.7. The first kappa shape index (κ1) is 12.5. The van der Waals surface area contributed by atoms with Crippen LogP contribution in [0.25, 0.3) is 0 Å². The molecule has 17 heavy (non-hydrogen) atoms. The van der Waals surface area contributed by atoms with Crippen LogP contribution in [0.2, 0.25) is 0 Å². The molecule has 0 unspecified atom stereocenters. The van der Waals surface area contributed by atoms with Gasteiger partial charge < -0.3 is 20.4 Å². The number of urea groups is 1. The number of nitrogens with two attached hydrogens (primary N) is 1. The van der Waals surface area contributed by atoms with Crippen LogP contribution in [-0.4, -0.2) is 24.8 Å². The van der Waals surface area contributed by atoms with Crippen LogP contribution in [0.5, 0.6) is 5.75 Å². The molecule has 0 aliphatic heterocycles. The molecular weight excluding hydrogens is 226 g/mol. The maximum absolute atomic E-state index is 10.3. The lowest BCUT2D eigenvalue weighted by atomic mass is 10.2. The van der Waals surface area contributed by atoms with Crippen LogP contribution < -0.4 is 21.0 Å². The number of nitrogens with zero attached hydrogens (tertiary/aromatic N) is 1. The lowest BCUT2D eigenvalue weighted by Gasteiger charge is -2.06. The lowest BCUT2D eigenvalue weighted by Crippen LogP contribution is -2.28. The molecule has 90 valence electrons. The Morgan fingerprint density at radius 3 is 2.59 bits per heavy atom. The van der Waals surface area contributed by atoms with Gasteiger partial charge in [-0.25, -0.2) is 10.2 Å². The average Bonchev–Trinajstić information content (AvgIpc) is 2.27. The quantitative estimate of drug-likeness (QED) is 0.494. The van der Waals surface area contributed by atoms with Gasteiger partial charge in [-0.2, -0.15) is 5.10 Å². The number of nitrogens with one attached hydrogen (secondary N) is 1. The zero-order valence-corrected chi connectivity index (χ0v) is 8.75. The summed E-state index contributed by atoms with van der Waals surface area (Å²) in [6, 6.07) is 5.65. The number of rotatable bonds is 5. The number of benzene rings is 1. The second-order valence-corrected chi connectivity index (χ2v) is 2.96. The summed E-state index contributed by atoms with van der Waals surface area (Å²) in [6.45, 7) is -0.503. The number of carbonyl (C=O) groups is 2. The molecule has 1 aromatic carbocycles. The Balaban J connectivity index is 2.52. The number of hydrogen-bond donors (Lipinski definition) is 2. The molecule has 1 aromatic rings. The van der Waals surface area contributed by atoms with Crippen LogP contribution in [0.1, 0.15) is 5.56 Å². The third kappa shape index (κ3) is 5.17. The van der Waals surface area contributed by atoms with E-state index in [-0.39, 0.29) is 0 Å². The van der Waals surface area contributed by atoms with Gasteiger partial charge in [-0.15, -0.1) is 0 Å². The molecule has 3 N–H and O–H groups in total. The molecule has 0 spiro atoms. The van der Waals surface area contributed by atoms with Crippen molar-refractivity contribution < 1.29 is 19.4 Å².